The highest BCUT2D eigenvalue weighted by Gasteiger charge is 2.24. The van der Waals surface area contributed by atoms with Crippen LogP contribution in [0.15, 0.2) is 78.9 Å². The number of para-hydroxylation sites is 1. The number of benzene rings is 3. The van der Waals surface area contributed by atoms with Crippen molar-refractivity contribution >= 4 is 17.4 Å². The van der Waals surface area contributed by atoms with Crippen molar-refractivity contribution in [1.82, 2.24) is 9.78 Å². The summed E-state index contributed by atoms with van der Waals surface area (Å²) in [5.41, 5.74) is 6.73. The van der Waals surface area contributed by atoms with Gasteiger partial charge in [-0.1, -0.05) is 78.3 Å². The molecule has 0 fully saturated rings. The Kier molecular flexibility index (Phi) is 3.95. The molecule has 0 radical (unpaired) electrons. The first-order valence-electron chi connectivity index (χ1n) is 9.08. The molecule has 0 aliphatic carbocycles. The maximum Gasteiger partial charge on any atom is 0.133 e. The van der Waals surface area contributed by atoms with E-state index >= 15 is 0 Å². The van der Waals surface area contributed by atoms with E-state index in [4.69, 9.17) is 16.7 Å². The van der Waals surface area contributed by atoms with Gasteiger partial charge in [0.2, 0.25) is 0 Å². The summed E-state index contributed by atoms with van der Waals surface area (Å²) < 4.78 is 1.94. The van der Waals surface area contributed by atoms with Crippen LogP contribution in [0.1, 0.15) is 5.56 Å². The monoisotopic (exact) mass is 371 g/mol. The second-order valence-electron chi connectivity index (χ2n) is 6.66. The third-order valence-electron chi connectivity index (χ3n) is 5.00. The second kappa shape index (κ2) is 6.60. The Labute approximate surface area is 163 Å². The van der Waals surface area contributed by atoms with Gasteiger partial charge in [0.05, 0.1) is 16.4 Å². The van der Waals surface area contributed by atoms with Crippen molar-refractivity contribution in [3.8, 4) is 28.1 Å². The molecule has 5 rings (SSSR count). The van der Waals surface area contributed by atoms with E-state index in [-0.39, 0.29) is 0 Å². The highest BCUT2D eigenvalue weighted by atomic mass is 35.5. The molecule has 0 saturated heterocycles. The summed E-state index contributed by atoms with van der Waals surface area (Å²) in [6, 6.07) is 26.9. The number of anilines is 1. The summed E-state index contributed by atoms with van der Waals surface area (Å²) in [4.78, 5) is 0. The van der Waals surface area contributed by atoms with E-state index in [1.54, 1.807) is 0 Å². The highest BCUT2D eigenvalue weighted by molar-refractivity contribution is 6.32. The number of nitrogens with one attached hydrogen (secondary N) is 1. The molecular weight excluding hydrogens is 354 g/mol. The van der Waals surface area contributed by atoms with E-state index in [9.17, 15) is 0 Å². The Balaban J connectivity index is 1.58. The molecule has 0 spiro atoms. The summed E-state index contributed by atoms with van der Waals surface area (Å²) in [6.45, 7) is 0.923. The molecule has 2 heterocycles. The topological polar surface area (TPSA) is 29.9 Å². The second-order valence-corrected chi connectivity index (χ2v) is 7.07. The van der Waals surface area contributed by atoms with Crippen LogP contribution >= 0.6 is 11.6 Å². The zero-order valence-electron chi connectivity index (χ0n) is 14.7. The van der Waals surface area contributed by atoms with Gasteiger partial charge in [-0.3, -0.25) is 0 Å². The SMILES string of the molecule is Clc1ccccc1-n1nc(-c2ccc(-c3ccccc3)cc2)c2c1NCC2. The Morgan fingerprint density at radius 2 is 1.44 bits per heavy atom. The van der Waals surface area contributed by atoms with Crippen LogP contribution in [0.5, 0.6) is 0 Å². The molecule has 0 unspecified atom stereocenters. The van der Waals surface area contributed by atoms with Crippen LogP contribution in [0.2, 0.25) is 5.02 Å². The number of fused-ring (bicyclic) bond motifs is 1. The molecule has 4 aromatic rings. The Morgan fingerprint density at radius 1 is 0.778 bits per heavy atom. The predicted octanol–water partition coefficient (Wildman–Crippen LogP) is 5.83. The van der Waals surface area contributed by atoms with E-state index < -0.39 is 0 Å². The van der Waals surface area contributed by atoms with Crippen molar-refractivity contribution in [2.45, 2.75) is 6.42 Å². The molecule has 3 nitrogen and oxygen atoms in total. The van der Waals surface area contributed by atoms with Crippen molar-refractivity contribution in [3.05, 3.63) is 89.4 Å². The molecule has 0 bridgehead atoms. The van der Waals surface area contributed by atoms with Crippen molar-refractivity contribution in [3.63, 3.8) is 0 Å². The molecule has 0 atom stereocenters. The third-order valence-corrected chi connectivity index (χ3v) is 5.32. The number of hydrogen-bond donors (Lipinski definition) is 1. The van der Waals surface area contributed by atoms with Gasteiger partial charge in [0.25, 0.3) is 0 Å². The number of aromatic nitrogens is 2. The fourth-order valence-electron chi connectivity index (χ4n) is 3.66. The highest BCUT2D eigenvalue weighted by Crippen LogP contribution is 2.36. The van der Waals surface area contributed by atoms with E-state index in [0.29, 0.717) is 5.02 Å². The average Bonchev–Trinajstić information content (AvgIpc) is 3.32. The number of hydrogen-bond acceptors (Lipinski definition) is 2. The predicted molar refractivity (Wildman–Crippen MR) is 112 cm³/mol. The lowest BCUT2D eigenvalue weighted by Crippen LogP contribution is -2.04. The van der Waals surface area contributed by atoms with Gasteiger partial charge in [-0.15, -0.1) is 0 Å². The fourth-order valence-corrected chi connectivity index (χ4v) is 3.87. The Hall–Kier alpha value is -3.04. The molecule has 1 aromatic heterocycles. The fraction of sp³-hybridized carbons (Fsp3) is 0.0870. The van der Waals surface area contributed by atoms with Crippen LogP contribution in [0.3, 0.4) is 0 Å². The average molecular weight is 372 g/mol. The molecule has 1 N–H and O–H groups in total. The van der Waals surface area contributed by atoms with E-state index in [0.717, 1.165) is 35.7 Å². The first-order valence-corrected chi connectivity index (χ1v) is 9.45. The molecule has 1 aliphatic heterocycles. The van der Waals surface area contributed by atoms with Crippen LogP contribution < -0.4 is 5.32 Å². The minimum Gasteiger partial charge on any atom is -0.369 e. The van der Waals surface area contributed by atoms with Crippen LogP contribution in [0.4, 0.5) is 5.82 Å². The number of rotatable bonds is 3. The zero-order valence-corrected chi connectivity index (χ0v) is 15.4. The molecule has 1 aliphatic rings. The van der Waals surface area contributed by atoms with Crippen LogP contribution in [0, 0.1) is 0 Å². The minimum absolute atomic E-state index is 0.697. The molecule has 0 saturated carbocycles. The van der Waals surface area contributed by atoms with Gasteiger partial charge in [0.1, 0.15) is 5.82 Å². The molecule has 3 aromatic carbocycles. The lowest BCUT2D eigenvalue weighted by molar-refractivity contribution is 0.882. The van der Waals surface area contributed by atoms with Crippen LogP contribution in [0.25, 0.3) is 28.1 Å². The van der Waals surface area contributed by atoms with Gasteiger partial charge in [-0.2, -0.15) is 5.10 Å². The molecule has 0 amide bonds. The van der Waals surface area contributed by atoms with Crippen LogP contribution in [-0.4, -0.2) is 16.3 Å². The third kappa shape index (κ3) is 2.81. The van der Waals surface area contributed by atoms with E-state index in [1.165, 1.54) is 16.7 Å². The minimum atomic E-state index is 0.697. The summed E-state index contributed by atoms with van der Waals surface area (Å²) in [5.74, 6) is 1.05. The summed E-state index contributed by atoms with van der Waals surface area (Å²) in [5, 5.41) is 9.07. The number of nitrogens with zero attached hydrogens (tertiary/aromatic N) is 2. The largest absolute Gasteiger partial charge is 0.369 e. The van der Waals surface area contributed by atoms with Gasteiger partial charge in [-0.05, 0) is 29.7 Å². The lowest BCUT2D eigenvalue weighted by atomic mass is 10.0. The first-order chi connectivity index (χ1) is 13.3. The summed E-state index contributed by atoms with van der Waals surface area (Å²) in [6.07, 6.45) is 0.968. The molecule has 27 heavy (non-hydrogen) atoms. The quantitative estimate of drug-likeness (QED) is 0.491. The molecular formula is C23H18ClN3. The molecule has 132 valence electrons. The maximum atomic E-state index is 6.42. The van der Waals surface area contributed by atoms with Crippen LogP contribution in [-0.2, 0) is 6.42 Å². The summed E-state index contributed by atoms with van der Waals surface area (Å²) >= 11 is 6.42. The van der Waals surface area contributed by atoms with Gasteiger partial charge in [-0.25, -0.2) is 4.68 Å². The van der Waals surface area contributed by atoms with Gasteiger partial charge in [0.15, 0.2) is 0 Å². The van der Waals surface area contributed by atoms with Crippen molar-refractivity contribution in [2.24, 2.45) is 0 Å². The maximum absolute atomic E-state index is 6.42. The smallest absolute Gasteiger partial charge is 0.133 e. The van der Waals surface area contributed by atoms with Crippen molar-refractivity contribution < 1.29 is 0 Å². The van der Waals surface area contributed by atoms with E-state index in [2.05, 4.69) is 53.8 Å². The van der Waals surface area contributed by atoms with Gasteiger partial charge in [0, 0.05) is 17.7 Å². The zero-order chi connectivity index (χ0) is 18.2. The number of halogens is 1. The van der Waals surface area contributed by atoms with E-state index in [1.807, 2.05) is 35.0 Å². The standard InChI is InChI=1S/C23H18ClN3/c24-20-8-4-5-9-21(20)27-23-19(14-15-25-23)22(26-27)18-12-10-17(11-13-18)16-6-2-1-3-7-16/h1-13,25H,14-15H2. The Morgan fingerprint density at radius 3 is 2.22 bits per heavy atom. The lowest BCUT2D eigenvalue weighted by Gasteiger charge is -2.08. The van der Waals surface area contributed by atoms with Gasteiger partial charge < -0.3 is 5.32 Å². The van der Waals surface area contributed by atoms with Crippen molar-refractivity contribution in [1.29, 1.82) is 0 Å². The summed E-state index contributed by atoms with van der Waals surface area (Å²) in [7, 11) is 0. The first kappa shape index (κ1) is 16.2. The Bertz CT molecular complexity index is 1100. The normalized spacial score (nSPS) is 12.6. The molecule has 4 heteroatoms. The van der Waals surface area contributed by atoms with Crippen molar-refractivity contribution in [2.75, 3.05) is 11.9 Å². The van der Waals surface area contributed by atoms with Gasteiger partial charge >= 0.3 is 0 Å².